The Morgan fingerprint density at radius 1 is 1.30 bits per heavy atom. The molecule has 2 rings (SSSR count). The molecule has 20 heavy (non-hydrogen) atoms. The lowest BCUT2D eigenvalue weighted by Gasteiger charge is -2.06. The molecule has 1 aromatic carbocycles. The van der Waals surface area contributed by atoms with Crippen LogP contribution in [0.25, 0.3) is 0 Å². The van der Waals surface area contributed by atoms with Gasteiger partial charge in [0, 0.05) is 0 Å². The predicted octanol–water partition coefficient (Wildman–Crippen LogP) is 2.81. The van der Waals surface area contributed by atoms with Crippen LogP contribution in [0.1, 0.15) is 18.2 Å². The fraction of sp³-hybridized carbons (Fsp3) is 0.143. The van der Waals surface area contributed by atoms with Gasteiger partial charge in [-0.05, 0) is 49.0 Å². The van der Waals surface area contributed by atoms with Crippen molar-refractivity contribution < 1.29 is 8.81 Å². The van der Waals surface area contributed by atoms with E-state index in [1.54, 1.807) is 18.4 Å². The Balaban J connectivity index is 1.85. The van der Waals surface area contributed by atoms with Crippen molar-refractivity contribution >= 4 is 23.0 Å². The monoisotopic (exact) mass is 291 g/mol. The maximum Gasteiger partial charge on any atom is 0.187 e. The molecule has 0 aliphatic heterocycles. The second-order valence-electron chi connectivity index (χ2n) is 4.08. The van der Waals surface area contributed by atoms with E-state index >= 15 is 0 Å². The van der Waals surface area contributed by atoms with E-state index < -0.39 is 0 Å². The zero-order valence-electron chi connectivity index (χ0n) is 10.9. The Bertz CT molecular complexity index is 593. The highest BCUT2D eigenvalue weighted by atomic mass is 32.1. The molecular formula is C14H14FN3OS. The quantitative estimate of drug-likeness (QED) is 0.517. The second kappa shape index (κ2) is 6.81. The molecule has 0 amide bonds. The molecular weight excluding hydrogens is 277 g/mol. The first-order valence-electron chi connectivity index (χ1n) is 6.01. The fourth-order valence-corrected chi connectivity index (χ4v) is 1.63. The maximum atomic E-state index is 12.8. The van der Waals surface area contributed by atoms with Gasteiger partial charge >= 0.3 is 0 Å². The Hall–Kier alpha value is -2.21. The number of halogens is 1. The number of hydrogen-bond donors (Lipinski definition) is 2. The first kappa shape index (κ1) is 14.2. The number of nitrogens with zero attached hydrogens (tertiary/aromatic N) is 1. The summed E-state index contributed by atoms with van der Waals surface area (Å²) in [5.41, 5.74) is 4.27. The summed E-state index contributed by atoms with van der Waals surface area (Å²) in [6, 6.07) is 9.76. The van der Waals surface area contributed by atoms with Gasteiger partial charge in [-0.2, -0.15) is 5.10 Å². The number of benzene rings is 1. The Morgan fingerprint density at radius 2 is 2.05 bits per heavy atom. The minimum Gasteiger partial charge on any atom is -0.467 e. The molecule has 0 unspecified atom stereocenters. The average Bonchev–Trinajstić information content (AvgIpc) is 2.96. The van der Waals surface area contributed by atoms with Gasteiger partial charge in [0.25, 0.3) is 0 Å². The van der Waals surface area contributed by atoms with Crippen LogP contribution in [0.15, 0.2) is 52.2 Å². The van der Waals surface area contributed by atoms with E-state index in [-0.39, 0.29) is 5.82 Å². The second-order valence-corrected chi connectivity index (χ2v) is 4.49. The number of hydrogen-bond acceptors (Lipinski definition) is 3. The molecule has 0 spiro atoms. The van der Waals surface area contributed by atoms with Gasteiger partial charge < -0.3 is 9.73 Å². The molecule has 2 aromatic rings. The summed E-state index contributed by atoms with van der Waals surface area (Å²) in [7, 11) is 0. The van der Waals surface area contributed by atoms with Gasteiger partial charge in [-0.15, -0.1) is 0 Å². The van der Waals surface area contributed by atoms with Gasteiger partial charge in [0.2, 0.25) is 0 Å². The average molecular weight is 291 g/mol. The van der Waals surface area contributed by atoms with E-state index in [0.29, 0.717) is 17.4 Å². The summed E-state index contributed by atoms with van der Waals surface area (Å²) in [6.07, 6.45) is 1.60. The Morgan fingerprint density at radius 3 is 2.70 bits per heavy atom. The third-order valence-corrected chi connectivity index (χ3v) is 2.83. The summed E-state index contributed by atoms with van der Waals surface area (Å²) >= 11 is 5.09. The van der Waals surface area contributed by atoms with Gasteiger partial charge in [-0.3, -0.25) is 5.43 Å². The lowest BCUT2D eigenvalue weighted by atomic mass is 10.1. The van der Waals surface area contributed by atoms with Crippen LogP contribution >= 0.6 is 12.2 Å². The lowest BCUT2D eigenvalue weighted by molar-refractivity contribution is 0.502. The molecule has 0 radical (unpaired) electrons. The van der Waals surface area contributed by atoms with Crippen LogP contribution in [-0.2, 0) is 6.54 Å². The first-order valence-corrected chi connectivity index (χ1v) is 6.42. The van der Waals surface area contributed by atoms with Crippen LogP contribution in [0.2, 0.25) is 0 Å². The van der Waals surface area contributed by atoms with Crippen LogP contribution in [0, 0.1) is 5.82 Å². The van der Waals surface area contributed by atoms with E-state index in [0.717, 1.165) is 11.3 Å². The normalized spacial score (nSPS) is 11.2. The Labute approximate surface area is 121 Å². The molecule has 0 atom stereocenters. The predicted molar refractivity (Wildman–Crippen MR) is 79.9 cm³/mol. The zero-order valence-corrected chi connectivity index (χ0v) is 11.7. The minimum atomic E-state index is -0.273. The van der Waals surface area contributed by atoms with Gasteiger partial charge in [0.05, 0.1) is 18.5 Å². The van der Waals surface area contributed by atoms with Crippen molar-refractivity contribution in [1.82, 2.24) is 10.7 Å². The number of rotatable bonds is 4. The van der Waals surface area contributed by atoms with Crippen molar-refractivity contribution in [2.45, 2.75) is 13.5 Å². The van der Waals surface area contributed by atoms with Crippen molar-refractivity contribution in [2.24, 2.45) is 5.10 Å². The SMILES string of the molecule is C/C(=N/NC(=S)NCc1ccco1)c1ccc(F)cc1. The van der Waals surface area contributed by atoms with Gasteiger partial charge in [0.15, 0.2) is 5.11 Å². The van der Waals surface area contributed by atoms with Crippen LogP contribution in [-0.4, -0.2) is 10.8 Å². The van der Waals surface area contributed by atoms with E-state index in [1.807, 2.05) is 19.1 Å². The number of hydrazone groups is 1. The van der Waals surface area contributed by atoms with Crippen molar-refractivity contribution in [3.63, 3.8) is 0 Å². The summed E-state index contributed by atoms with van der Waals surface area (Å²) < 4.78 is 18.0. The standard InChI is InChI=1S/C14H14FN3OS/c1-10(11-4-6-12(15)7-5-11)17-18-14(20)16-9-13-3-2-8-19-13/h2-8H,9H2,1H3,(H2,16,18,20)/b17-10-. The largest absolute Gasteiger partial charge is 0.467 e. The third kappa shape index (κ3) is 4.17. The smallest absolute Gasteiger partial charge is 0.187 e. The van der Waals surface area contributed by atoms with Gasteiger partial charge in [-0.1, -0.05) is 12.1 Å². The number of thiocarbonyl (C=S) groups is 1. The first-order chi connectivity index (χ1) is 9.65. The molecule has 104 valence electrons. The third-order valence-electron chi connectivity index (χ3n) is 2.59. The molecule has 0 saturated carbocycles. The molecule has 0 bridgehead atoms. The number of nitrogens with one attached hydrogen (secondary N) is 2. The highest BCUT2D eigenvalue weighted by Gasteiger charge is 2.00. The van der Waals surface area contributed by atoms with Crippen molar-refractivity contribution in [3.8, 4) is 0 Å². The topological polar surface area (TPSA) is 49.6 Å². The zero-order chi connectivity index (χ0) is 14.4. The van der Waals surface area contributed by atoms with Gasteiger partial charge in [0.1, 0.15) is 11.6 Å². The molecule has 0 saturated heterocycles. The van der Waals surface area contributed by atoms with E-state index in [9.17, 15) is 4.39 Å². The van der Waals surface area contributed by atoms with Crippen LogP contribution < -0.4 is 10.7 Å². The molecule has 0 fully saturated rings. The summed E-state index contributed by atoms with van der Waals surface area (Å²) in [6.45, 7) is 2.30. The molecule has 4 nitrogen and oxygen atoms in total. The maximum absolute atomic E-state index is 12.8. The highest BCUT2D eigenvalue weighted by molar-refractivity contribution is 7.80. The molecule has 1 aromatic heterocycles. The molecule has 6 heteroatoms. The van der Waals surface area contributed by atoms with Crippen molar-refractivity contribution in [1.29, 1.82) is 0 Å². The van der Waals surface area contributed by atoms with Crippen molar-refractivity contribution in [3.05, 3.63) is 59.8 Å². The van der Waals surface area contributed by atoms with E-state index in [4.69, 9.17) is 16.6 Å². The fourth-order valence-electron chi connectivity index (χ4n) is 1.51. The van der Waals surface area contributed by atoms with Crippen LogP contribution in [0.3, 0.4) is 0 Å². The van der Waals surface area contributed by atoms with E-state index in [2.05, 4.69) is 15.8 Å². The molecule has 0 aliphatic carbocycles. The summed E-state index contributed by atoms with van der Waals surface area (Å²) in [5, 5.41) is 7.49. The minimum absolute atomic E-state index is 0.273. The highest BCUT2D eigenvalue weighted by Crippen LogP contribution is 2.03. The summed E-state index contributed by atoms with van der Waals surface area (Å²) in [5.74, 6) is 0.513. The van der Waals surface area contributed by atoms with Gasteiger partial charge in [-0.25, -0.2) is 4.39 Å². The summed E-state index contributed by atoms with van der Waals surface area (Å²) in [4.78, 5) is 0. The van der Waals surface area contributed by atoms with Crippen molar-refractivity contribution in [2.75, 3.05) is 0 Å². The molecule has 1 heterocycles. The molecule has 2 N–H and O–H groups in total. The van der Waals surface area contributed by atoms with Crippen LogP contribution in [0.5, 0.6) is 0 Å². The number of furan rings is 1. The van der Waals surface area contributed by atoms with E-state index in [1.165, 1.54) is 12.1 Å². The Kier molecular flexibility index (Phi) is 4.84. The lowest BCUT2D eigenvalue weighted by Crippen LogP contribution is -2.32. The van der Waals surface area contributed by atoms with Crippen LogP contribution in [0.4, 0.5) is 4.39 Å². The molecule has 0 aliphatic rings.